The molecule has 1 N–H and O–H groups in total. The second kappa shape index (κ2) is 8.84. The minimum Gasteiger partial charge on any atom is -0.483 e. The third-order valence-electron chi connectivity index (χ3n) is 3.76. The zero-order chi connectivity index (χ0) is 22.6. The molecule has 7 nitrogen and oxygen atoms in total. The third-order valence-corrected chi connectivity index (χ3v) is 4.62. The van der Waals surface area contributed by atoms with E-state index >= 15 is 0 Å². The van der Waals surface area contributed by atoms with Crippen molar-refractivity contribution in [2.24, 2.45) is 0 Å². The first kappa shape index (κ1) is 22.4. The maximum Gasteiger partial charge on any atom is 0.422 e. The SMILES string of the molecule is CS(=O)(=O)Cc1cccc(Nc2ncnc(-c3ccc(F)cc3OCC(F)(F)F)n2)c1. The van der Waals surface area contributed by atoms with Crippen LogP contribution < -0.4 is 10.1 Å². The van der Waals surface area contributed by atoms with Gasteiger partial charge < -0.3 is 10.1 Å². The van der Waals surface area contributed by atoms with Crippen LogP contribution in [-0.2, 0) is 15.6 Å². The van der Waals surface area contributed by atoms with Gasteiger partial charge in [-0.3, -0.25) is 0 Å². The van der Waals surface area contributed by atoms with Gasteiger partial charge in [0.05, 0.1) is 11.3 Å². The van der Waals surface area contributed by atoms with Crippen LogP contribution in [0, 0.1) is 5.82 Å². The van der Waals surface area contributed by atoms with Crippen molar-refractivity contribution in [2.75, 3.05) is 18.2 Å². The minimum atomic E-state index is -4.60. The van der Waals surface area contributed by atoms with E-state index in [-0.39, 0.29) is 28.8 Å². The zero-order valence-corrected chi connectivity index (χ0v) is 16.8. The summed E-state index contributed by atoms with van der Waals surface area (Å²) in [7, 11) is -3.23. The van der Waals surface area contributed by atoms with E-state index in [9.17, 15) is 26.0 Å². The van der Waals surface area contributed by atoms with E-state index in [0.29, 0.717) is 11.3 Å². The van der Waals surface area contributed by atoms with Crippen molar-refractivity contribution in [1.29, 1.82) is 0 Å². The molecule has 0 amide bonds. The lowest BCUT2D eigenvalue weighted by molar-refractivity contribution is -0.153. The van der Waals surface area contributed by atoms with Gasteiger partial charge in [0.25, 0.3) is 0 Å². The summed E-state index contributed by atoms with van der Waals surface area (Å²) in [4.78, 5) is 12.0. The summed E-state index contributed by atoms with van der Waals surface area (Å²) >= 11 is 0. The van der Waals surface area contributed by atoms with Gasteiger partial charge in [-0.1, -0.05) is 12.1 Å². The molecule has 0 atom stereocenters. The third kappa shape index (κ3) is 6.88. The number of nitrogens with zero attached hydrogens (tertiary/aromatic N) is 3. The summed E-state index contributed by atoms with van der Waals surface area (Å²) in [6.45, 7) is -1.60. The Morgan fingerprint density at radius 3 is 2.58 bits per heavy atom. The fourth-order valence-electron chi connectivity index (χ4n) is 2.62. The van der Waals surface area contributed by atoms with Crippen LogP contribution in [0.15, 0.2) is 48.8 Å². The van der Waals surface area contributed by atoms with Crippen molar-refractivity contribution < 1.29 is 30.7 Å². The molecular formula is C19H16F4N4O3S. The van der Waals surface area contributed by atoms with Crippen LogP contribution in [0.5, 0.6) is 5.75 Å². The number of aromatic nitrogens is 3. The molecule has 31 heavy (non-hydrogen) atoms. The fourth-order valence-corrected chi connectivity index (χ4v) is 3.40. The first-order valence-corrected chi connectivity index (χ1v) is 10.8. The first-order valence-electron chi connectivity index (χ1n) is 8.71. The molecule has 1 aromatic heterocycles. The molecule has 0 aliphatic rings. The van der Waals surface area contributed by atoms with Gasteiger partial charge in [0.2, 0.25) is 5.95 Å². The fraction of sp³-hybridized carbons (Fsp3) is 0.211. The Morgan fingerprint density at radius 2 is 1.87 bits per heavy atom. The molecule has 0 radical (unpaired) electrons. The van der Waals surface area contributed by atoms with Crippen molar-refractivity contribution in [2.45, 2.75) is 11.9 Å². The van der Waals surface area contributed by atoms with Gasteiger partial charge in [-0.25, -0.2) is 22.8 Å². The van der Waals surface area contributed by atoms with Gasteiger partial charge in [-0.15, -0.1) is 0 Å². The molecule has 0 unspecified atom stereocenters. The number of nitrogens with one attached hydrogen (secondary N) is 1. The number of halogens is 4. The maximum absolute atomic E-state index is 13.5. The normalized spacial score (nSPS) is 11.9. The lowest BCUT2D eigenvalue weighted by atomic mass is 10.2. The van der Waals surface area contributed by atoms with Crippen molar-refractivity contribution in [3.05, 3.63) is 60.2 Å². The van der Waals surface area contributed by atoms with E-state index in [1.807, 2.05) is 0 Å². The number of benzene rings is 2. The lowest BCUT2D eigenvalue weighted by Gasteiger charge is -2.13. The molecule has 1 heterocycles. The molecule has 12 heteroatoms. The number of rotatable bonds is 7. The molecule has 0 aliphatic carbocycles. The monoisotopic (exact) mass is 456 g/mol. The van der Waals surface area contributed by atoms with Gasteiger partial charge in [0.1, 0.15) is 17.9 Å². The number of hydrogen-bond donors (Lipinski definition) is 1. The Bertz CT molecular complexity index is 1190. The second-order valence-corrected chi connectivity index (χ2v) is 8.71. The van der Waals surface area contributed by atoms with Crippen molar-refractivity contribution in [3.63, 3.8) is 0 Å². The van der Waals surface area contributed by atoms with Gasteiger partial charge in [0.15, 0.2) is 22.3 Å². The smallest absolute Gasteiger partial charge is 0.422 e. The number of sulfone groups is 1. The first-order chi connectivity index (χ1) is 14.5. The molecule has 2 aromatic carbocycles. The predicted molar refractivity (Wildman–Crippen MR) is 105 cm³/mol. The van der Waals surface area contributed by atoms with E-state index in [2.05, 4.69) is 20.3 Å². The van der Waals surface area contributed by atoms with Gasteiger partial charge in [-0.2, -0.15) is 18.2 Å². The molecule has 0 spiro atoms. The topological polar surface area (TPSA) is 94.1 Å². The Morgan fingerprint density at radius 1 is 1.10 bits per heavy atom. The second-order valence-electron chi connectivity index (χ2n) is 6.57. The Kier molecular flexibility index (Phi) is 6.39. The van der Waals surface area contributed by atoms with Crippen molar-refractivity contribution in [1.82, 2.24) is 15.0 Å². The summed E-state index contributed by atoms with van der Waals surface area (Å²) in [6.07, 6.45) is -2.36. The van der Waals surface area contributed by atoms with Crippen LogP contribution in [0.3, 0.4) is 0 Å². The van der Waals surface area contributed by atoms with Crippen LogP contribution >= 0.6 is 0 Å². The average Bonchev–Trinajstić information content (AvgIpc) is 2.65. The van der Waals surface area contributed by atoms with Crippen LogP contribution in [0.25, 0.3) is 11.4 Å². The van der Waals surface area contributed by atoms with E-state index in [1.165, 1.54) is 6.07 Å². The highest BCUT2D eigenvalue weighted by Crippen LogP contribution is 2.30. The van der Waals surface area contributed by atoms with E-state index in [4.69, 9.17) is 4.74 Å². The Hall–Kier alpha value is -3.28. The minimum absolute atomic E-state index is 0.0398. The summed E-state index contributed by atoms with van der Waals surface area (Å²) in [6, 6.07) is 9.61. The molecule has 3 aromatic rings. The van der Waals surface area contributed by atoms with E-state index in [0.717, 1.165) is 24.7 Å². The summed E-state index contributed by atoms with van der Waals surface area (Å²) < 4.78 is 78.7. The highest BCUT2D eigenvalue weighted by atomic mass is 32.2. The van der Waals surface area contributed by atoms with Crippen LogP contribution in [0.1, 0.15) is 5.56 Å². The molecule has 0 saturated carbocycles. The van der Waals surface area contributed by atoms with Crippen molar-refractivity contribution in [3.8, 4) is 17.1 Å². The number of hydrogen-bond acceptors (Lipinski definition) is 7. The van der Waals surface area contributed by atoms with E-state index in [1.54, 1.807) is 24.3 Å². The number of alkyl halides is 3. The van der Waals surface area contributed by atoms with Gasteiger partial charge in [0, 0.05) is 18.0 Å². The Labute approximate surface area is 175 Å². The molecule has 0 fully saturated rings. The molecule has 164 valence electrons. The van der Waals surface area contributed by atoms with Crippen molar-refractivity contribution >= 4 is 21.5 Å². The summed E-state index contributed by atoms with van der Waals surface area (Å²) in [5.41, 5.74) is 1.08. The summed E-state index contributed by atoms with van der Waals surface area (Å²) in [5, 5.41) is 2.88. The van der Waals surface area contributed by atoms with Crippen LogP contribution in [0.4, 0.5) is 29.2 Å². The standard InChI is InChI=1S/C19H16F4N4O3S/c1-31(28,29)9-12-3-2-4-14(7-12)26-18-25-11-24-17(27-18)15-6-5-13(20)8-16(15)30-10-19(21,22)23/h2-8,11H,9-10H2,1H3,(H,24,25,26,27). The highest BCUT2D eigenvalue weighted by Gasteiger charge is 2.29. The number of anilines is 2. The quantitative estimate of drug-likeness (QED) is 0.539. The Balaban J connectivity index is 1.87. The largest absolute Gasteiger partial charge is 0.483 e. The van der Waals surface area contributed by atoms with Crippen LogP contribution in [-0.4, -0.2) is 42.4 Å². The lowest BCUT2D eigenvalue weighted by Crippen LogP contribution is -2.19. The molecular weight excluding hydrogens is 440 g/mol. The maximum atomic E-state index is 13.5. The number of ether oxygens (including phenoxy) is 1. The molecule has 0 bridgehead atoms. The zero-order valence-electron chi connectivity index (χ0n) is 16.0. The molecule has 3 rings (SSSR count). The average molecular weight is 456 g/mol. The summed E-state index contributed by atoms with van der Waals surface area (Å²) in [5.74, 6) is -1.30. The van der Waals surface area contributed by atoms with Gasteiger partial charge in [-0.05, 0) is 29.8 Å². The highest BCUT2D eigenvalue weighted by molar-refractivity contribution is 7.89. The molecule has 0 aliphatic heterocycles. The predicted octanol–water partition coefficient (Wildman–Crippen LogP) is 3.91. The van der Waals surface area contributed by atoms with E-state index < -0.39 is 28.4 Å². The molecule has 0 saturated heterocycles. The van der Waals surface area contributed by atoms with Crippen LogP contribution in [0.2, 0.25) is 0 Å². The van der Waals surface area contributed by atoms with Gasteiger partial charge >= 0.3 is 6.18 Å².